The van der Waals surface area contributed by atoms with E-state index in [-0.39, 0.29) is 6.09 Å². The fourth-order valence-corrected chi connectivity index (χ4v) is 2.81. The monoisotopic (exact) mass is 327 g/mol. The van der Waals surface area contributed by atoms with Crippen molar-refractivity contribution in [3.63, 3.8) is 0 Å². The lowest BCUT2D eigenvalue weighted by atomic mass is 10.1. The van der Waals surface area contributed by atoms with Crippen LogP contribution in [0.3, 0.4) is 0 Å². The number of rotatable bonds is 0. The third-order valence-corrected chi connectivity index (χ3v) is 4.02. The molecule has 2 rings (SSSR count). The van der Waals surface area contributed by atoms with E-state index < -0.39 is 13.7 Å². The Morgan fingerprint density at radius 3 is 2.43 bits per heavy atom. The predicted octanol–water partition coefficient (Wildman–Crippen LogP) is 4.96. The van der Waals surface area contributed by atoms with Crippen molar-refractivity contribution in [1.82, 2.24) is 4.57 Å². The Hall–Kier alpha value is -1.99. The SMILES string of the molecule is Cc1cc(C#C[Si](C)(C)C)cc2ccn(C(=O)OC(C)(C)C)c12. The van der Waals surface area contributed by atoms with Crippen LogP contribution < -0.4 is 0 Å². The first-order valence-corrected chi connectivity index (χ1v) is 11.3. The Balaban J connectivity index is 2.46. The number of aryl methyl sites for hydroxylation is 1. The van der Waals surface area contributed by atoms with Crippen molar-refractivity contribution >= 4 is 25.1 Å². The van der Waals surface area contributed by atoms with E-state index in [2.05, 4.69) is 31.1 Å². The first-order chi connectivity index (χ1) is 10.5. The summed E-state index contributed by atoms with van der Waals surface area (Å²) in [7, 11) is -1.40. The van der Waals surface area contributed by atoms with E-state index in [1.165, 1.54) is 0 Å². The summed E-state index contributed by atoms with van der Waals surface area (Å²) in [5.41, 5.74) is 5.78. The summed E-state index contributed by atoms with van der Waals surface area (Å²) >= 11 is 0. The molecule has 122 valence electrons. The highest BCUT2D eigenvalue weighted by molar-refractivity contribution is 6.83. The summed E-state index contributed by atoms with van der Waals surface area (Å²) in [4.78, 5) is 12.3. The number of hydrogen-bond acceptors (Lipinski definition) is 2. The highest BCUT2D eigenvalue weighted by Gasteiger charge is 2.19. The number of hydrogen-bond donors (Lipinski definition) is 0. The second kappa shape index (κ2) is 5.90. The highest BCUT2D eigenvalue weighted by Crippen LogP contribution is 2.23. The molecular weight excluding hydrogens is 302 g/mol. The largest absolute Gasteiger partial charge is 0.443 e. The molecule has 1 aromatic heterocycles. The lowest BCUT2D eigenvalue weighted by molar-refractivity contribution is 0.0544. The van der Waals surface area contributed by atoms with Crippen LogP contribution in [-0.2, 0) is 4.74 Å². The van der Waals surface area contributed by atoms with Crippen molar-refractivity contribution in [2.24, 2.45) is 0 Å². The molecule has 0 radical (unpaired) electrons. The van der Waals surface area contributed by atoms with Gasteiger partial charge in [-0.25, -0.2) is 4.79 Å². The lowest BCUT2D eigenvalue weighted by Gasteiger charge is -2.20. The number of carbonyl (C=O) groups excluding carboxylic acids is 1. The molecule has 0 amide bonds. The van der Waals surface area contributed by atoms with Gasteiger partial charge < -0.3 is 4.74 Å². The van der Waals surface area contributed by atoms with Gasteiger partial charge in [0.05, 0.1) is 5.52 Å². The molecule has 0 saturated heterocycles. The van der Waals surface area contributed by atoms with Gasteiger partial charge in [0, 0.05) is 17.1 Å². The van der Waals surface area contributed by atoms with E-state index in [9.17, 15) is 4.79 Å². The minimum atomic E-state index is -1.40. The summed E-state index contributed by atoms with van der Waals surface area (Å²) in [5.74, 6) is 3.28. The van der Waals surface area contributed by atoms with Crippen LogP contribution in [0.25, 0.3) is 10.9 Å². The zero-order valence-electron chi connectivity index (χ0n) is 15.1. The first kappa shape index (κ1) is 17.4. The quantitative estimate of drug-likeness (QED) is 0.506. The van der Waals surface area contributed by atoms with Crippen molar-refractivity contribution in [3.05, 3.63) is 35.5 Å². The van der Waals surface area contributed by atoms with Crippen LogP contribution in [0.5, 0.6) is 0 Å². The van der Waals surface area contributed by atoms with Gasteiger partial charge in [-0.2, -0.15) is 0 Å². The van der Waals surface area contributed by atoms with E-state index in [1.807, 2.05) is 45.9 Å². The molecule has 0 atom stereocenters. The molecule has 1 aromatic carbocycles. The topological polar surface area (TPSA) is 31.2 Å². The maximum absolute atomic E-state index is 12.3. The van der Waals surface area contributed by atoms with Crippen LogP contribution in [-0.4, -0.2) is 24.3 Å². The fraction of sp³-hybridized carbons (Fsp3) is 0.421. The smallest absolute Gasteiger partial charge is 0.418 e. The van der Waals surface area contributed by atoms with Gasteiger partial charge in [0.15, 0.2) is 0 Å². The van der Waals surface area contributed by atoms with Gasteiger partial charge in [-0.1, -0.05) is 25.6 Å². The molecule has 3 nitrogen and oxygen atoms in total. The zero-order valence-corrected chi connectivity index (χ0v) is 16.1. The van der Waals surface area contributed by atoms with Crippen molar-refractivity contribution in [3.8, 4) is 11.5 Å². The third kappa shape index (κ3) is 4.49. The van der Waals surface area contributed by atoms with Gasteiger partial charge in [0.2, 0.25) is 0 Å². The molecule has 0 bridgehead atoms. The molecular formula is C19H25NO2Si. The van der Waals surface area contributed by atoms with Gasteiger partial charge in [0.25, 0.3) is 0 Å². The Labute approximate surface area is 139 Å². The Bertz CT molecular complexity index is 808. The van der Waals surface area contributed by atoms with Crippen LogP contribution in [0.4, 0.5) is 4.79 Å². The van der Waals surface area contributed by atoms with Gasteiger partial charge >= 0.3 is 6.09 Å². The molecule has 0 unspecified atom stereocenters. The molecule has 0 spiro atoms. The lowest BCUT2D eigenvalue weighted by Crippen LogP contribution is -2.26. The summed E-state index contributed by atoms with van der Waals surface area (Å²) in [6.45, 7) is 14.3. The number of ether oxygens (including phenoxy) is 1. The Kier molecular flexibility index (Phi) is 4.45. The zero-order chi connectivity index (χ0) is 17.4. The van der Waals surface area contributed by atoms with Crippen molar-refractivity contribution < 1.29 is 9.53 Å². The molecule has 23 heavy (non-hydrogen) atoms. The summed E-state index contributed by atoms with van der Waals surface area (Å²) in [6, 6.07) is 6.01. The second-order valence-corrected chi connectivity index (χ2v) is 12.6. The van der Waals surface area contributed by atoms with Gasteiger partial charge in [0.1, 0.15) is 13.7 Å². The van der Waals surface area contributed by atoms with Crippen molar-refractivity contribution in [2.75, 3.05) is 0 Å². The molecule has 0 N–H and O–H groups in total. The fourth-order valence-electron chi connectivity index (χ4n) is 2.29. The van der Waals surface area contributed by atoms with Crippen LogP contribution in [0.2, 0.25) is 19.6 Å². The molecule has 0 aliphatic rings. The number of aromatic nitrogens is 1. The highest BCUT2D eigenvalue weighted by atomic mass is 28.3. The van der Waals surface area contributed by atoms with E-state index in [0.29, 0.717) is 0 Å². The molecule has 0 saturated carbocycles. The van der Waals surface area contributed by atoms with Gasteiger partial charge in [-0.3, -0.25) is 4.57 Å². The number of nitrogens with zero attached hydrogens (tertiary/aromatic N) is 1. The van der Waals surface area contributed by atoms with Crippen molar-refractivity contribution in [2.45, 2.75) is 52.9 Å². The molecule has 4 heteroatoms. The predicted molar refractivity (Wildman–Crippen MR) is 98.5 cm³/mol. The molecule has 2 aromatic rings. The first-order valence-electron chi connectivity index (χ1n) is 7.84. The van der Waals surface area contributed by atoms with Gasteiger partial charge in [-0.05, 0) is 51.5 Å². The van der Waals surface area contributed by atoms with Crippen LogP contribution in [0.1, 0.15) is 31.9 Å². The van der Waals surface area contributed by atoms with E-state index in [0.717, 1.165) is 22.0 Å². The summed E-state index contributed by atoms with van der Waals surface area (Å²) in [5, 5.41) is 1.01. The standard InChI is InChI=1S/C19H25NO2Si/c1-14-12-15(9-11-23(5,6)7)13-16-8-10-20(17(14)16)18(21)22-19(2,3)4/h8,10,12-13H,1-7H3. The summed E-state index contributed by atoms with van der Waals surface area (Å²) < 4.78 is 7.04. The molecule has 0 fully saturated rings. The second-order valence-electron chi connectivity index (χ2n) is 7.90. The molecule has 0 aliphatic heterocycles. The number of benzene rings is 1. The van der Waals surface area contributed by atoms with E-state index in [4.69, 9.17) is 4.74 Å². The Morgan fingerprint density at radius 1 is 1.22 bits per heavy atom. The average molecular weight is 328 g/mol. The summed E-state index contributed by atoms with van der Waals surface area (Å²) in [6.07, 6.45) is 1.41. The minimum absolute atomic E-state index is 0.350. The maximum Gasteiger partial charge on any atom is 0.418 e. The third-order valence-electron chi connectivity index (χ3n) is 3.15. The van der Waals surface area contributed by atoms with Crippen LogP contribution in [0, 0.1) is 18.4 Å². The number of carbonyl (C=O) groups is 1. The van der Waals surface area contributed by atoms with Crippen molar-refractivity contribution in [1.29, 1.82) is 0 Å². The van der Waals surface area contributed by atoms with E-state index in [1.54, 1.807) is 10.8 Å². The Morgan fingerprint density at radius 2 is 1.87 bits per heavy atom. The molecule has 1 heterocycles. The van der Waals surface area contributed by atoms with E-state index >= 15 is 0 Å². The van der Waals surface area contributed by atoms with Gasteiger partial charge in [-0.15, -0.1) is 5.54 Å². The minimum Gasteiger partial charge on any atom is -0.443 e. The average Bonchev–Trinajstić information content (AvgIpc) is 2.78. The van der Waals surface area contributed by atoms with Crippen LogP contribution >= 0.6 is 0 Å². The normalized spacial score (nSPS) is 12.0. The number of fused-ring (bicyclic) bond motifs is 1. The maximum atomic E-state index is 12.3. The molecule has 0 aliphatic carbocycles. The van der Waals surface area contributed by atoms with Crippen LogP contribution in [0.15, 0.2) is 24.4 Å².